The number of hydrogen-bond acceptors (Lipinski definition) is 5. The number of nitrogens with zero attached hydrogens (tertiary/aromatic N) is 4. The minimum Gasteiger partial charge on any atom is -0.352 e. The van der Waals surface area contributed by atoms with E-state index in [0.29, 0.717) is 24.0 Å². The van der Waals surface area contributed by atoms with Crippen LogP contribution in [0.5, 0.6) is 0 Å². The highest BCUT2D eigenvalue weighted by Crippen LogP contribution is 2.11. The number of hydrogen-bond donors (Lipinski definition) is 1. The van der Waals surface area contributed by atoms with Crippen molar-refractivity contribution >= 4 is 16.8 Å². The molecule has 3 aromatic rings. The van der Waals surface area contributed by atoms with E-state index in [-0.39, 0.29) is 17.9 Å². The topological polar surface area (TPSA) is 70.5 Å². The molecule has 1 aliphatic heterocycles. The summed E-state index contributed by atoms with van der Waals surface area (Å²) in [6.07, 6.45) is 1.75. The fourth-order valence-electron chi connectivity index (χ4n) is 3.88. The molecule has 1 N–H and O–H groups in total. The van der Waals surface area contributed by atoms with Gasteiger partial charge in [0, 0.05) is 52.2 Å². The van der Waals surface area contributed by atoms with E-state index in [1.165, 1.54) is 16.5 Å². The molecule has 7 nitrogen and oxygen atoms in total. The minimum atomic E-state index is -0.116. The Morgan fingerprint density at radius 1 is 1.03 bits per heavy atom. The van der Waals surface area contributed by atoms with Crippen LogP contribution in [0, 0.1) is 0 Å². The first-order valence-corrected chi connectivity index (χ1v) is 10.8. The van der Waals surface area contributed by atoms with Gasteiger partial charge in [-0.1, -0.05) is 36.4 Å². The number of piperazine rings is 1. The van der Waals surface area contributed by atoms with E-state index in [2.05, 4.69) is 39.3 Å². The number of para-hydroxylation sites is 1. The van der Waals surface area contributed by atoms with Crippen molar-refractivity contribution in [3.63, 3.8) is 0 Å². The number of likely N-dealkylation sites (N-methyl/N-ethyl adjacent to an activating group) is 1. The average Bonchev–Trinajstić information content (AvgIpc) is 2.79. The third-order valence-corrected chi connectivity index (χ3v) is 5.79. The number of amides is 1. The molecular formula is C24H29N5O2. The molecule has 0 saturated carbocycles. The largest absolute Gasteiger partial charge is 0.352 e. The molecule has 31 heavy (non-hydrogen) atoms. The Balaban J connectivity index is 1.28. The van der Waals surface area contributed by atoms with Crippen molar-refractivity contribution in [2.45, 2.75) is 26.1 Å². The second-order valence-electron chi connectivity index (χ2n) is 8.19. The number of rotatable bonds is 7. The van der Waals surface area contributed by atoms with Crippen molar-refractivity contribution in [3.8, 4) is 0 Å². The number of fused-ring (bicyclic) bond motifs is 1. The van der Waals surface area contributed by atoms with Crippen LogP contribution in [0.3, 0.4) is 0 Å². The summed E-state index contributed by atoms with van der Waals surface area (Å²) in [4.78, 5) is 34.0. The third kappa shape index (κ3) is 5.57. The quantitative estimate of drug-likeness (QED) is 0.633. The molecule has 0 unspecified atom stereocenters. The molecule has 1 fully saturated rings. The summed E-state index contributed by atoms with van der Waals surface area (Å²) in [5.41, 5.74) is 2.91. The van der Waals surface area contributed by atoms with Crippen molar-refractivity contribution < 1.29 is 4.79 Å². The Morgan fingerprint density at radius 3 is 2.65 bits per heavy atom. The lowest BCUT2D eigenvalue weighted by Gasteiger charge is -2.32. The van der Waals surface area contributed by atoms with Crippen LogP contribution in [-0.2, 0) is 24.4 Å². The van der Waals surface area contributed by atoms with Crippen molar-refractivity contribution in [2.75, 3.05) is 33.2 Å². The van der Waals surface area contributed by atoms with Gasteiger partial charge in [-0.3, -0.25) is 19.1 Å². The molecule has 1 saturated heterocycles. The maximum atomic E-state index is 12.5. The number of aromatic nitrogens is 2. The van der Waals surface area contributed by atoms with E-state index in [9.17, 15) is 9.59 Å². The lowest BCUT2D eigenvalue weighted by Crippen LogP contribution is -2.43. The fraction of sp³-hybridized carbons (Fsp3) is 0.375. The molecule has 0 radical (unpaired) electrons. The van der Waals surface area contributed by atoms with Gasteiger partial charge in [0.15, 0.2) is 0 Å². The highest BCUT2D eigenvalue weighted by molar-refractivity contribution is 5.77. The van der Waals surface area contributed by atoms with Gasteiger partial charge in [-0.25, -0.2) is 4.98 Å². The second kappa shape index (κ2) is 9.85. The third-order valence-electron chi connectivity index (χ3n) is 5.79. The first kappa shape index (κ1) is 21.2. The van der Waals surface area contributed by atoms with Gasteiger partial charge in [0.2, 0.25) is 5.91 Å². The summed E-state index contributed by atoms with van der Waals surface area (Å²) in [6.45, 7) is 6.11. The Bertz CT molecular complexity index is 1100. The minimum absolute atomic E-state index is 0.0791. The molecule has 1 aliphatic rings. The summed E-state index contributed by atoms with van der Waals surface area (Å²) in [5.74, 6) is -0.0791. The molecule has 1 amide bonds. The summed E-state index contributed by atoms with van der Waals surface area (Å²) in [7, 11) is 2.16. The maximum Gasteiger partial charge on any atom is 0.261 e. The zero-order valence-corrected chi connectivity index (χ0v) is 18.0. The molecule has 0 bridgehead atoms. The molecule has 2 heterocycles. The lowest BCUT2D eigenvalue weighted by atomic mass is 10.1. The van der Waals surface area contributed by atoms with Crippen LogP contribution >= 0.6 is 0 Å². The standard InChI is InChI=1S/C24H29N5O2/c1-27-11-13-28(14-12-27)17-20-6-4-5-19(15-20)16-25-23(30)9-10-29-18-26-22-8-3-2-7-21(22)24(29)31/h2-8,15,18H,9-14,16-17H2,1H3,(H,25,30). The molecule has 1 aromatic heterocycles. The first-order chi connectivity index (χ1) is 15.1. The SMILES string of the molecule is CN1CCN(Cc2cccc(CNC(=O)CCn3cnc4ccccc4c3=O)c2)CC1. The fourth-order valence-corrected chi connectivity index (χ4v) is 3.88. The van der Waals surface area contributed by atoms with Crippen LogP contribution in [0.15, 0.2) is 59.7 Å². The Morgan fingerprint density at radius 2 is 1.81 bits per heavy atom. The normalized spacial score (nSPS) is 15.3. The molecule has 0 atom stereocenters. The average molecular weight is 420 g/mol. The van der Waals surface area contributed by atoms with Gasteiger partial charge in [-0.2, -0.15) is 0 Å². The second-order valence-corrected chi connectivity index (χ2v) is 8.19. The smallest absolute Gasteiger partial charge is 0.261 e. The monoisotopic (exact) mass is 419 g/mol. The van der Waals surface area contributed by atoms with Crippen molar-refractivity contribution in [2.24, 2.45) is 0 Å². The van der Waals surface area contributed by atoms with Crippen molar-refractivity contribution in [1.29, 1.82) is 0 Å². The van der Waals surface area contributed by atoms with Gasteiger partial charge in [-0.15, -0.1) is 0 Å². The van der Waals surface area contributed by atoms with E-state index < -0.39 is 0 Å². The summed E-state index contributed by atoms with van der Waals surface area (Å²) in [6, 6.07) is 15.6. The number of carbonyl (C=O) groups excluding carboxylic acids is 1. The Labute approximate surface area is 182 Å². The first-order valence-electron chi connectivity index (χ1n) is 10.8. The Hall–Kier alpha value is -3.03. The van der Waals surface area contributed by atoms with Crippen molar-refractivity contribution in [3.05, 3.63) is 76.3 Å². The highest BCUT2D eigenvalue weighted by Gasteiger charge is 2.14. The maximum absolute atomic E-state index is 12.5. The molecule has 4 rings (SSSR count). The van der Waals surface area contributed by atoms with Crippen LogP contribution in [0.1, 0.15) is 17.5 Å². The highest BCUT2D eigenvalue weighted by atomic mass is 16.1. The van der Waals surface area contributed by atoms with Crippen LogP contribution in [0.25, 0.3) is 10.9 Å². The molecule has 0 spiro atoms. The number of nitrogens with one attached hydrogen (secondary N) is 1. The van der Waals surface area contributed by atoms with Gasteiger partial charge < -0.3 is 10.2 Å². The van der Waals surface area contributed by atoms with E-state index in [1.807, 2.05) is 30.3 Å². The zero-order valence-electron chi connectivity index (χ0n) is 18.0. The van der Waals surface area contributed by atoms with E-state index >= 15 is 0 Å². The van der Waals surface area contributed by atoms with E-state index in [1.54, 1.807) is 6.07 Å². The van der Waals surface area contributed by atoms with Crippen molar-refractivity contribution in [1.82, 2.24) is 24.7 Å². The van der Waals surface area contributed by atoms with E-state index in [4.69, 9.17) is 0 Å². The molecule has 0 aliphatic carbocycles. The van der Waals surface area contributed by atoms with Crippen LogP contribution in [0.2, 0.25) is 0 Å². The Kier molecular flexibility index (Phi) is 6.74. The van der Waals surface area contributed by atoms with Crippen LogP contribution < -0.4 is 10.9 Å². The van der Waals surface area contributed by atoms with Gasteiger partial charge in [0.05, 0.1) is 17.2 Å². The summed E-state index contributed by atoms with van der Waals surface area (Å²) >= 11 is 0. The molecular weight excluding hydrogens is 390 g/mol. The van der Waals surface area contributed by atoms with Gasteiger partial charge in [0.25, 0.3) is 5.56 Å². The molecule has 2 aromatic carbocycles. The van der Waals surface area contributed by atoms with E-state index in [0.717, 1.165) is 38.3 Å². The number of benzene rings is 2. The molecule has 162 valence electrons. The predicted molar refractivity (Wildman–Crippen MR) is 122 cm³/mol. The lowest BCUT2D eigenvalue weighted by molar-refractivity contribution is -0.121. The van der Waals surface area contributed by atoms with Crippen LogP contribution in [-0.4, -0.2) is 58.5 Å². The van der Waals surface area contributed by atoms with Crippen LogP contribution in [0.4, 0.5) is 0 Å². The number of aryl methyl sites for hydroxylation is 1. The zero-order chi connectivity index (χ0) is 21.6. The van der Waals surface area contributed by atoms with Gasteiger partial charge in [-0.05, 0) is 30.3 Å². The van der Waals surface area contributed by atoms with Gasteiger partial charge in [0.1, 0.15) is 0 Å². The predicted octanol–water partition coefficient (Wildman–Crippen LogP) is 1.85. The summed E-state index contributed by atoms with van der Waals surface area (Å²) < 4.78 is 1.50. The summed E-state index contributed by atoms with van der Waals surface area (Å²) in [5, 5.41) is 3.54. The number of carbonyl (C=O) groups is 1. The van der Waals surface area contributed by atoms with Gasteiger partial charge >= 0.3 is 0 Å². The molecule has 7 heteroatoms.